The third-order valence-electron chi connectivity index (χ3n) is 3.49. The maximum Gasteiger partial charge on any atom is 0.336 e. The van der Waals surface area contributed by atoms with Gasteiger partial charge in [0.2, 0.25) is 0 Å². The van der Waals surface area contributed by atoms with Crippen LogP contribution in [0.4, 0.5) is 0 Å². The molecule has 0 spiro atoms. The third kappa shape index (κ3) is 2.96. The second-order valence-electron chi connectivity index (χ2n) is 4.98. The lowest BCUT2D eigenvalue weighted by Crippen LogP contribution is -2.05. The number of rotatable bonds is 4. The van der Waals surface area contributed by atoms with Gasteiger partial charge in [-0.15, -0.1) is 11.3 Å². The molecule has 0 aliphatic carbocycles. The first-order valence-corrected chi connectivity index (χ1v) is 7.85. The number of fused-ring (bicyclic) bond motifs is 1. The summed E-state index contributed by atoms with van der Waals surface area (Å²) in [5.74, 6) is 0.113. The fourth-order valence-corrected chi connectivity index (χ4v) is 3.01. The normalized spacial score (nSPS) is 11.2. The number of aryl methyl sites for hydroxylation is 1. The van der Waals surface area contributed by atoms with Crippen LogP contribution in [0.5, 0.6) is 5.75 Å². The van der Waals surface area contributed by atoms with Crippen molar-refractivity contribution in [3.8, 4) is 5.75 Å². The maximum absolute atomic E-state index is 12.6. The summed E-state index contributed by atoms with van der Waals surface area (Å²) in [6, 6.07) is 8.73. The Morgan fingerprint density at radius 2 is 2.13 bits per heavy atom. The minimum absolute atomic E-state index is 0.259. The van der Waals surface area contributed by atoms with E-state index in [9.17, 15) is 9.59 Å². The van der Waals surface area contributed by atoms with Gasteiger partial charge >= 0.3 is 5.63 Å². The van der Waals surface area contributed by atoms with Crippen molar-refractivity contribution in [2.24, 2.45) is 0 Å². The van der Waals surface area contributed by atoms with Gasteiger partial charge in [0.15, 0.2) is 11.4 Å². The molecule has 0 fully saturated rings. The number of thiophene rings is 1. The van der Waals surface area contributed by atoms with Gasteiger partial charge in [-0.3, -0.25) is 4.79 Å². The van der Waals surface area contributed by atoms with E-state index in [1.807, 2.05) is 24.4 Å². The molecule has 3 aromatic rings. The summed E-state index contributed by atoms with van der Waals surface area (Å²) in [5, 5.41) is 2.66. The highest BCUT2D eigenvalue weighted by Gasteiger charge is 2.18. The summed E-state index contributed by atoms with van der Waals surface area (Å²) < 4.78 is 10.6. The lowest BCUT2D eigenvalue weighted by atomic mass is 10.0. The molecule has 116 valence electrons. The predicted octanol–water partition coefficient (Wildman–Crippen LogP) is 4.07. The van der Waals surface area contributed by atoms with Gasteiger partial charge in [0, 0.05) is 16.3 Å². The number of ether oxygens (including phenoxy) is 1. The molecule has 0 unspecified atom stereocenters. The number of ketones is 1. The van der Waals surface area contributed by atoms with Crippen LogP contribution in [-0.2, 0) is 0 Å². The topological polar surface area (TPSA) is 56.5 Å². The number of allylic oxidation sites excluding steroid dienone is 1. The third-order valence-corrected chi connectivity index (χ3v) is 4.33. The van der Waals surface area contributed by atoms with Crippen molar-refractivity contribution < 1.29 is 13.9 Å². The molecule has 0 aliphatic rings. The zero-order valence-electron chi connectivity index (χ0n) is 12.7. The highest BCUT2D eigenvalue weighted by Crippen LogP contribution is 2.29. The summed E-state index contributed by atoms with van der Waals surface area (Å²) in [6.45, 7) is 1.81. The van der Waals surface area contributed by atoms with Crippen molar-refractivity contribution in [3.05, 3.63) is 68.2 Å². The number of methoxy groups -OCH3 is 1. The largest absolute Gasteiger partial charge is 0.496 e. The molecule has 0 aliphatic heterocycles. The Morgan fingerprint density at radius 3 is 2.83 bits per heavy atom. The second kappa shape index (κ2) is 6.22. The molecule has 0 saturated heterocycles. The summed E-state index contributed by atoms with van der Waals surface area (Å²) in [6.07, 6.45) is 3.20. The van der Waals surface area contributed by atoms with E-state index in [1.165, 1.54) is 30.6 Å². The first-order chi connectivity index (χ1) is 11.1. The average molecular weight is 326 g/mol. The number of benzene rings is 1. The van der Waals surface area contributed by atoms with Crippen LogP contribution in [0.3, 0.4) is 0 Å². The lowest BCUT2D eigenvalue weighted by molar-refractivity contribution is 0.104. The maximum atomic E-state index is 12.6. The van der Waals surface area contributed by atoms with Gasteiger partial charge in [0.05, 0.1) is 7.11 Å². The molecule has 0 radical (unpaired) electrons. The molecule has 0 amide bonds. The molecule has 5 heteroatoms. The Hall–Kier alpha value is -2.66. The first kappa shape index (κ1) is 15.2. The Bertz CT molecular complexity index is 949. The van der Waals surface area contributed by atoms with E-state index >= 15 is 0 Å². The van der Waals surface area contributed by atoms with Crippen LogP contribution in [0.25, 0.3) is 17.0 Å². The fourth-order valence-electron chi connectivity index (χ4n) is 2.40. The molecule has 0 atom stereocenters. The Morgan fingerprint density at radius 1 is 1.30 bits per heavy atom. The van der Waals surface area contributed by atoms with Crippen molar-refractivity contribution in [2.75, 3.05) is 7.11 Å². The van der Waals surface area contributed by atoms with Crippen molar-refractivity contribution in [3.63, 3.8) is 0 Å². The van der Waals surface area contributed by atoms with Gasteiger partial charge in [-0.1, -0.05) is 6.07 Å². The number of carbonyl (C=O) groups is 1. The first-order valence-electron chi connectivity index (χ1n) is 6.97. The Labute approximate surface area is 136 Å². The molecule has 2 heterocycles. The van der Waals surface area contributed by atoms with Gasteiger partial charge in [0.25, 0.3) is 0 Å². The average Bonchev–Trinajstić information content (AvgIpc) is 3.04. The van der Waals surface area contributed by atoms with Crippen LogP contribution in [0, 0.1) is 6.92 Å². The van der Waals surface area contributed by atoms with E-state index < -0.39 is 5.63 Å². The molecule has 0 saturated carbocycles. The summed E-state index contributed by atoms with van der Waals surface area (Å²) in [5.41, 5.74) is 0.795. The zero-order valence-corrected chi connectivity index (χ0v) is 13.5. The van der Waals surface area contributed by atoms with Crippen LogP contribution in [0.15, 0.2) is 51.0 Å². The van der Waals surface area contributed by atoms with E-state index in [4.69, 9.17) is 9.15 Å². The van der Waals surface area contributed by atoms with Gasteiger partial charge in [0.1, 0.15) is 11.3 Å². The molecule has 3 rings (SSSR count). The smallest absolute Gasteiger partial charge is 0.336 e. The van der Waals surface area contributed by atoms with E-state index in [0.29, 0.717) is 5.75 Å². The minimum Gasteiger partial charge on any atom is -0.496 e. The summed E-state index contributed by atoms with van der Waals surface area (Å²) in [7, 11) is 1.48. The molecule has 1 aromatic carbocycles. The molecule has 2 aromatic heterocycles. The standard InChI is InChI=1S/C18H14O4S/c1-11-10-16(20)22-18-13(11)6-8-15(21-2)17(18)14(19)7-5-12-4-3-9-23-12/h3-10H,1-2H3. The van der Waals surface area contributed by atoms with Gasteiger partial charge in [-0.05, 0) is 48.2 Å². The number of carbonyl (C=O) groups excluding carboxylic acids is 1. The lowest BCUT2D eigenvalue weighted by Gasteiger charge is -2.09. The number of hydrogen-bond donors (Lipinski definition) is 0. The number of hydrogen-bond acceptors (Lipinski definition) is 5. The van der Waals surface area contributed by atoms with Crippen LogP contribution < -0.4 is 10.4 Å². The van der Waals surface area contributed by atoms with E-state index in [2.05, 4.69) is 0 Å². The van der Waals surface area contributed by atoms with Crippen LogP contribution in [-0.4, -0.2) is 12.9 Å². The molecule has 23 heavy (non-hydrogen) atoms. The SMILES string of the molecule is COc1ccc2c(C)cc(=O)oc2c1C(=O)C=Cc1cccs1. The molecular weight excluding hydrogens is 312 g/mol. The van der Waals surface area contributed by atoms with Crippen LogP contribution in [0.1, 0.15) is 20.8 Å². The van der Waals surface area contributed by atoms with Crippen LogP contribution >= 0.6 is 11.3 Å². The molecule has 4 nitrogen and oxygen atoms in total. The van der Waals surface area contributed by atoms with E-state index in [-0.39, 0.29) is 16.9 Å². The van der Waals surface area contributed by atoms with Crippen molar-refractivity contribution in [1.82, 2.24) is 0 Å². The Kier molecular flexibility index (Phi) is 4.12. The predicted molar refractivity (Wildman–Crippen MR) is 91.5 cm³/mol. The second-order valence-corrected chi connectivity index (χ2v) is 5.96. The van der Waals surface area contributed by atoms with Crippen molar-refractivity contribution >= 4 is 34.2 Å². The highest BCUT2D eigenvalue weighted by molar-refractivity contribution is 7.10. The fraction of sp³-hybridized carbons (Fsp3) is 0.111. The van der Waals surface area contributed by atoms with Crippen LogP contribution in [0.2, 0.25) is 0 Å². The van der Waals surface area contributed by atoms with E-state index in [1.54, 1.807) is 18.2 Å². The van der Waals surface area contributed by atoms with E-state index in [0.717, 1.165) is 15.8 Å². The zero-order chi connectivity index (χ0) is 16.4. The highest BCUT2D eigenvalue weighted by atomic mass is 32.1. The quantitative estimate of drug-likeness (QED) is 0.412. The van der Waals surface area contributed by atoms with Crippen molar-refractivity contribution in [1.29, 1.82) is 0 Å². The monoisotopic (exact) mass is 326 g/mol. The summed E-state index contributed by atoms with van der Waals surface area (Å²) in [4.78, 5) is 25.3. The van der Waals surface area contributed by atoms with Gasteiger partial charge in [-0.2, -0.15) is 0 Å². The summed E-state index contributed by atoms with van der Waals surface area (Å²) >= 11 is 1.53. The molecule has 0 bridgehead atoms. The molecular formula is C18H14O4S. The van der Waals surface area contributed by atoms with Gasteiger partial charge in [-0.25, -0.2) is 4.79 Å². The van der Waals surface area contributed by atoms with Gasteiger partial charge < -0.3 is 9.15 Å². The minimum atomic E-state index is -0.487. The Balaban J connectivity index is 2.18. The van der Waals surface area contributed by atoms with Crippen molar-refractivity contribution in [2.45, 2.75) is 6.92 Å². The molecule has 0 N–H and O–H groups in total.